The lowest BCUT2D eigenvalue weighted by atomic mass is 9.94. The molecule has 0 amide bonds. The first-order valence-electron chi connectivity index (χ1n) is 12.7. The van der Waals surface area contributed by atoms with Crippen molar-refractivity contribution in [1.29, 1.82) is 0 Å². The van der Waals surface area contributed by atoms with Crippen LogP contribution in [0.2, 0.25) is 0 Å². The third-order valence-electron chi connectivity index (χ3n) is 6.96. The number of aromatic amines is 2. The zero-order valence-electron chi connectivity index (χ0n) is 21.0. The number of pyridine rings is 2. The number of likely N-dealkylation sites (N-methyl/N-ethyl adjacent to an activating group) is 1. The van der Waals surface area contributed by atoms with Gasteiger partial charge in [0.1, 0.15) is 35.0 Å². The maximum Gasteiger partial charge on any atom is 0.138 e. The highest BCUT2D eigenvalue weighted by Crippen LogP contribution is 2.35. The monoisotopic (exact) mass is 499 g/mol. The smallest absolute Gasteiger partial charge is 0.138 e. The first-order valence-corrected chi connectivity index (χ1v) is 12.7. The fraction of sp³-hybridized carbons (Fsp3) is 0.321. The number of halogens is 1. The summed E-state index contributed by atoms with van der Waals surface area (Å²) < 4.78 is 20.4. The lowest BCUT2D eigenvalue weighted by Gasteiger charge is -2.22. The molecule has 8 nitrogen and oxygen atoms in total. The molecule has 0 radical (unpaired) electrons. The number of rotatable bonds is 7. The van der Waals surface area contributed by atoms with Crippen LogP contribution in [0.1, 0.15) is 24.5 Å². The summed E-state index contributed by atoms with van der Waals surface area (Å²) in [4.78, 5) is 15.0. The van der Waals surface area contributed by atoms with Crippen LogP contribution >= 0.6 is 0 Å². The van der Waals surface area contributed by atoms with Gasteiger partial charge in [0.15, 0.2) is 0 Å². The summed E-state index contributed by atoms with van der Waals surface area (Å²) in [7, 11) is 3.95. The normalized spacial score (nSPS) is 14.7. The molecule has 1 aromatic carbocycles. The molecule has 5 aromatic rings. The minimum atomic E-state index is -0.342. The number of piperidine rings is 1. The average molecular weight is 500 g/mol. The molecule has 1 saturated heterocycles. The first-order chi connectivity index (χ1) is 18.0. The lowest BCUT2D eigenvalue weighted by Crippen LogP contribution is -2.27. The molecule has 190 valence electrons. The number of fused-ring (bicyclic) bond motifs is 2. The van der Waals surface area contributed by atoms with Gasteiger partial charge in [-0.1, -0.05) is 0 Å². The van der Waals surface area contributed by atoms with Crippen molar-refractivity contribution >= 4 is 22.1 Å². The predicted molar refractivity (Wildman–Crippen MR) is 143 cm³/mol. The Labute approximate surface area is 214 Å². The van der Waals surface area contributed by atoms with E-state index in [1.165, 1.54) is 12.1 Å². The van der Waals surface area contributed by atoms with Crippen molar-refractivity contribution in [2.24, 2.45) is 0 Å². The molecule has 0 unspecified atom stereocenters. The van der Waals surface area contributed by atoms with Gasteiger partial charge in [0.25, 0.3) is 0 Å². The van der Waals surface area contributed by atoms with Crippen molar-refractivity contribution in [3.63, 3.8) is 0 Å². The van der Waals surface area contributed by atoms with Crippen LogP contribution in [-0.4, -0.2) is 70.4 Å². The number of nitrogens with zero attached hydrogens (tertiary/aromatic N) is 4. The summed E-state index contributed by atoms with van der Waals surface area (Å²) in [6.45, 7) is 3.26. The third-order valence-corrected chi connectivity index (χ3v) is 6.96. The van der Waals surface area contributed by atoms with E-state index in [0.717, 1.165) is 77.1 Å². The van der Waals surface area contributed by atoms with Gasteiger partial charge in [0.05, 0.1) is 11.2 Å². The second-order valence-electron chi connectivity index (χ2n) is 9.86. The summed E-state index contributed by atoms with van der Waals surface area (Å²) in [5.41, 5.74) is 6.71. The topological polar surface area (TPSA) is 94.8 Å². The van der Waals surface area contributed by atoms with Crippen molar-refractivity contribution in [3.8, 4) is 28.3 Å². The van der Waals surface area contributed by atoms with Gasteiger partial charge in [-0.25, -0.2) is 14.4 Å². The minimum Gasteiger partial charge on any atom is -0.492 e. The summed E-state index contributed by atoms with van der Waals surface area (Å²) in [5.74, 6) is 0.614. The number of aromatic nitrogens is 5. The molecular formula is C28H30FN7O. The van der Waals surface area contributed by atoms with Gasteiger partial charge in [-0.2, -0.15) is 5.10 Å². The van der Waals surface area contributed by atoms with E-state index in [1.807, 2.05) is 37.2 Å². The molecule has 0 spiro atoms. The molecule has 1 aliphatic heterocycles. The first kappa shape index (κ1) is 23.6. The molecular weight excluding hydrogens is 469 g/mol. The van der Waals surface area contributed by atoms with Gasteiger partial charge in [-0.3, -0.25) is 5.10 Å². The Balaban J connectivity index is 1.37. The van der Waals surface area contributed by atoms with Crippen LogP contribution in [-0.2, 0) is 0 Å². The number of hydrogen-bond donors (Lipinski definition) is 3. The number of H-pyrrole nitrogens is 2. The Kier molecular flexibility index (Phi) is 6.31. The minimum absolute atomic E-state index is 0.342. The fourth-order valence-corrected chi connectivity index (χ4v) is 5.00. The van der Waals surface area contributed by atoms with E-state index in [-0.39, 0.29) is 5.82 Å². The zero-order valence-corrected chi connectivity index (χ0v) is 21.0. The van der Waals surface area contributed by atoms with Crippen molar-refractivity contribution in [3.05, 3.63) is 60.2 Å². The molecule has 4 aromatic heterocycles. The number of benzene rings is 1. The molecule has 37 heavy (non-hydrogen) atoms. The van der Waals surface area contributed by atoms with Crippen LogP contribution in [0.3, 0.4) is 0 Å². The number of nitrogens with one attached hydrogen (secondary N) is 3. The maximum atomic E-state index is 14.6. The highest BCUT2D eigenvalue weighted by atomic mass is 19.1. The molecule has 1 fully saturated rings. The van der Waals surface area contributed by atoms with Gasteiger partial charge in [0, 0.05) is 35.8 Å². The summed E-state index contributed by atoms with van der Waals surface area (Å²) >= 11 is 0. The number of ether oxygens (including phenoxy) is 1. The molecule has 0 saturated carbocycles. The van der Waals surface area contributed by atoms with Crippen molar-refractivity contribution in [1.82, 2.24) is 35.4 Å². The second kappa shape index (κ2) is 9.91. The molecule has 9 heteroatoms. The van der Waals surface area contributed by atoms with E-state index in [4.69, 9.17) is 9.72 Å². The van der Waals surface area contributed by atoms with Crippen LogP contribution in [0.25, 0.3) is 44.6 Å². The predicted octanol–water partition coefficient (Wildman–Crippen LogP) is 4.71. The van der Waals surface area contributed by atoms with Gasteiger partial charge < -0.3 is 19.9 Å². The maximum absolute atomic E-state index is 14.6. The Morgan fingerprint density at radius 2 is 1.95 bits per heavy atom. The van der Waals surface area contributed by atoms with Crippen LogP contribution < -0.4 is 10.1 Å². The van der Waals surface area contributed by atoms with Crippen LogP contribution in [0.15, 0.2) is 48.7 Å². The summed E-state index contributed by atoms with van der Waals surface area (Å²) in [6, 6.07) is 12.9. The van der Waals surface area contributed by atoms with Crippen LogP contribution in [0.5, 0.6) is 5.75 Å². The van der Waals surface area contributed by atoms with Crippen LogP contribution in [0.4, 0.5) is 4.39 Å². The standard InChI is InChI=1S/C28H30FN7O/c1-36(2)11-12-37-20-14-18(13-19(29)15-20)21-7-10-31-28-22(21)16-25(33-28)27-26-24(34-35-27)4-3-23(32-26)17-5-8-30-9-6-17/h3-4,7,10,13-17,30H,5-6,8-9,11-12H2,1-2H3,(H,31,33)(H,34,35). The van der Waals surface area contributed by atoms with Crippen molar-refractivity contribution in [2.75, 3.05) is 40.3 Å². The molecule has 3 N–H and O–H groups in total. The van der Waals surface area contributed by atoms with Gasteiger partial charge in [-0.15, -0.1) is 0 Å². The van der Waals surface area contributed by atoms with Crippen molar-refractivity contribution in [2.45, 2.75) is 18.8 Å². The van der Waals surface area contributed by atoms with Gasteiger partial charge >= 0.3 is 0 Å². The van der Waals surface area contributed by atoms with E-state index in [1.54, 1.807) is 6.20 Å². The van der Waals surface area contributed by atoms with Gasteiger partial charge in [0.2, 0.25) is 0 Å². The SMILES string of the molecule is CN(C)CCOc1cc(F)cc(-c2ccnc3[nH]c(-c4n[nH]c5ccc(C6CCNCC6)nc45)cc23)c1. The molecule has 6 rings (SSSR count). The Morgan fingerprint density at radius 1 is 1.08 bits per heavy atom. The highest BCUT2D eigenvalue weighted by Gasteiger charge is 2.20. The molecule has 1 aliphatic rings. The second-order valence-corrected chi connectivity index (χ2v) is 9.86. The van der Waals surface area contributed by atoms with Crippen molar-refractivity contribution < 1.29 is 9.13 Å². The molecule has 0 bridgehead atoms. The van der Waals surface area contributed by atoms with E-state index in [9.17, 15) is 4.39 Å². The summed E-state index contributed by atoms with van der Waals surface area (Å²) in [6.07, 6.45) is 3.89. The Bertz CT molecular complexity index is 1550. The Hall–Kier alpha value is -3.82. The molecule has 5 heterocycles. The van der Waals surface area contributed by atoms with Gasteiger partial charge in [-0.05, 0) is 87.6 Å². The van der Waals surface area contributed by atoms with E-state index in [0.29, 0.717) is 23.9 Å². The quantitative estimate of drug-likeness (QED) is 0.300. The number of hydrogen-bond acceptors (Lipinski definition) is 6. The zero-order chi connectivity index (χ0) is 25.4. The van der Waals surface area contributed by atoms with E-state index < -0.39 is 0 Å². The third kappa shape index (κ3) is 4.80. The lowest BCUT2D eigenvalue weighted by molar-refractivity contribution is 0.260. The Morgan fingerprint density at radius 3 is 2.78 bits per heavy atom. The molecule has 0 atom stereocenters. The summed E-state index contributed by atoms with van der Waals surface area (Å²) in [5, 5.41) is 12.0. The molecule has 0 aliphatic carbocycles. The average Bonchev–Trinajstić information content (AvgIpc) is 3.52. The van der Waals surface area contributed by atoms with Crippen LogP contribution in [0, 0.1) is 5.82 Å². The fourth-order valence-electron chi connectivity index (χ4n) is 5.00. The highest BCUT2D eigenvalue weighted by molar-refractivity contribution is 5.98. The van der Waals surface area contributed by atoms with E-state index in [2.05, 4.69) is 37.6 Å². The van der Waals surface area contributed by atoms with E-state index >= 15 is 0 Å². The largest absolute Gasteiger partial charge is 0.492 e.